The molecule has 1 aliphatic heterocycles. The maximum atomic E-state index is 12.6. The summed E-state index contributed by atoms with van der Waals surface area (Å²) in [6, 6.07) is 0. The maximum absolute atomic E-state index is 12.6. The summed E-state index contributed by atoms with van der Waals surface area (Å²) in [6.07, 6.45) is 5.93. The molecule has 3 rings (SSSR count). The second-order valence-corrected chi connectivity index (χ2v) is 8.27. The van der Waals surface area contributed by atoms with Gasteiger partial charge in [0.25, 0.3) is 0 Å². The van der Waals surface area contributed by atoms with Crippen LogP contribution in [0.3, 0.4) is 0 Å². The van der Waals surface area contributed by atoms with Crippen LogP contribution in [0.15, 0.2) is 22.1 Å². The number of thioether (sulfide) groups is 1. The van der Waals surface area contributed by atoms with Crippen LogP contribution in [0.5, 0.6) is 0 Å². The first-order valence-electron chi connectivity index (χ1n) is 8.50. The second kappa shape index (κ2) is 8.82. The van der Waals surface area contributed by atoms with Gasteiger partial charge in [0.15, 0.2) is 4.34 Å². The van der Waals surface area contributed by atoms with Crippen LogP contribution in [0.2, 0.25) is 0 Å². The lowest BCUT2D eigenvalue weighted by Gasteiger charge is -2.32. The van der Waals surface area contributed by atoms with Gasteiger partial charge in [-0.1, -0.05) is 11.8 Å². The summed E-state index contributed by atoms with van der Waals surface area (Å²) in [4.78, 5) is 23.5. The van der Waals surface area contributed by atoms with E-state index in [-0.39, 0.29) is 5.91 Å². The number of rotatable bonds is 7. The molecule has 0 aromatic carbocycles. The van der Waals surface area contributed by atoms with Crippen molar-refractivity contribution >= 4 is 29.0 Å². The Morgan fingerprint density at radius 3 is 3.16 bits per heavy atom. The molecular formula is C17H24N4O2S2. The van der Waals surface area contributed by atoms with Gasteiger partial charge in [-0.2, -0.15) is 0 Å². The number of carbonyl (C=O) groups excluding carboxylic acids is 1. The molecule has 1 atom stereocenters. The standard InChI is InChI=1S/C17H24N4O2S2/c1-13-11-24-17(19-13)25-12-15(22)21-6-3-4-14(10-21)16-18-5-7-20(16)8-9-23-2/h5,7,11,14H,3-4,6,8-10,12H2,1-2H3. The van der Waals surface area contributed by atoms with Gasteiger partial charge in [-0.15, -0.1) is 11.3 Å². The summed E-state index contributed by atoms with van der Waals surface area (Å²) in [7, 11) is 1.71. The summed E-state index contributed by atoms with van der Waals surface area (Å²) >= 11 is 3.14. The fourth-order valence-corrected chi connectivity index (χ4v) is 4.84. The Kier molecular flexibility index (Phi) is 6.50. The van der Waals surface area contributed by atoms with E-state index in [2.05, 4.69) is 14.5 Å². The van der Waals surface area contributed by atoms with E-state index in [9.17, 15) is 4.79 Å². The van der Waals surface area contributed by atoms with Crippen molar-refractivity contribution in [1.82, 2.24) is 19.4 Å². The summed E-state index contributed by atoms with van der Waals surface area (Å²) < 4.78 is 8.29. The number of nitrogens with zero attached hydrogens (tertiary/aromatic N) is 4. The molecule has 0 radical (unpaired) electrons. The molecule has 0 bridgehead atoms. The van der Waals surface area contributed by atoms with Gasteiger partial charge in [-0.25, -0.2) is 9.97 Å². The Morgan fingerprint density at radius 2 is 2.40 bits per heavy atom. The Hall–Kier alpha value is -1.38. The highest BCUT2D eigenvalue weighted by Crippen LogP contribution is 2.27. The van der Waals surface area contributed by atoms with Crippen LogP contribution < -0.4 is 0 Å². The van der Waals surface area contributed by atoms with Gasteiger partial charge in [-0.3, -0.25) is 4.79 Å². The van der Waals surface area contributed by atoms with Crippen LogP contribution in [0.25, 0.3) is 0 Å². The molecule has 1 unspecified atom stereocenters. The van der Waals surface area contributed by atoms with Crippen molar-refractivity contribution in [2.45, 2.75) is 36.6 Å². The average Bonchev–Trinajstić information content (AvgIpc) is 3.26. The lowest BCUT2D eigenvalue weighted by molar-refractivity contribution is -0.129. The maximum Gasteiger partial charge on any atom is 0.233 e. The molecule has 25 heavy (non-hydrogen) atoms. The first kappa shape index (κ1) is 18.4. The number of thiazole rings is 1. The van der Waals surface area contributed by atoms with E-state index in [1.54, 1.807) is 18.4 Å². The number of amides is 1. The normalized spacial score (nSPS) is 17.8. The van der Waals surface area contributed by atoms with E-state index in [0.717, 1.165) is 48.3 Å². The molecule has 0 spiro atoms. The summed E-state index contributed by atoms with van der Waals surface area (Å²) in [5, 5.41) is 2.02. The third kappa shape index (κ3) is 4.83. The Bertz CT molecular complexity index is 700. The monoisotopic (exact) mass is 380 g/mol. The first-order valence-corrected chi connectivity index (χ1v) is 10.4. The van der Waals surface area contributed by atoms with Crippen LogP contribution in [-0.2, 0) is 16.1 Å². The quantitative estimate of drug-likeness (QED) is 0.691. The van der Waals surface area contributed by atoms with Crippen LogP contribution in [0.1, 0.15) is 30.3 Å². The molecule has 0 saturated carbocycles. The minimum Gasteiger partial charge on any atom is -0.383 e. The van der Waals surface area contributed by atoms with Crippen molar-refractivity contribution in [3.8, 4) is 0 Å². The van der Waals surface area contributed by atoms with Crippen molar-refractivity contribution in [2.24, 2.45) is 0 Å². The zero-order chi connectivity index (χ0) is 17.6. The summed E-state index contributed by atoms with van der Waals surface area (Å²) in [5.74, 6) is 2.02. The highest BCUT2D eigenvalue weighted by molar-refractivity contribution is 8.01. The zero-order valence-electron chi connectivity index (χ0n) is 14.7. The van der Waals surface area contributed by atoms with Crippen molar-refractivity contribution in [2.75, 3.05) is 32.6 Å². The first-order chi connectivity index (χ1) is 12.2. The Morgan fingerprint density at radius 1 is 1.52 bits per heavy atom. The van der Waals surface area contributed by atoms with Gasteiger partial charge in [0.05, 0.1) is 12.4 Å². The van der Waals surface area contributed by atoms with Gasteiger partial charge in [0.2, 0.25) is 5.91 Å². The number of carbonyl (C=O) groups is 1. The minimum absolute atomic E-state index is 0.192. The smallest absolute Gasteiger partial charge is 0.233 e. The van der Waals surface area contributed by atoms with Crippen molar-refractivity contribution < 1.29 is 9.53 Å². The van der Waals surface area contributed by atoms with E-state index in [1.165, 1.54) is 11.8 Å². The fourth-order valence-electron chi connectivity index (χ4n) is 3.09. The van der Waals surface area contributed by atoms with Crippen molar-refractivity contribution in [1.29, 1.82) is 0 Å². The van der Waals surface area contributed by atoms with Crippen LogP contribution in [-0.4, -0.2) is 57.9 Å². The summed E-state index contributed by atoms with van der Waals surface area (Å²) in [5.41, 5.74) is 1.01. The largest absolute Gasteiger partial charge is 0.383 e. The van der Waals surface area contributed by atoms with Crippen molar-refractivity contribution in [3.63, 3.8) is 0 Å². The molecule has 1 aliphatic rings. The predicted octanol–water partition coefficient (Wildman–Crippen LogP) is 2.79. The number of likely N-dealkylation sites (tertiary alicyclic amines) is 1. The topological polar surface area (TPSA) is 60.2 Å². The van der Waals surface area contributed by atoms with Crippen LogP contribution >= 0.6 is 23.1 Å². The number of hydrogen-bond acceptors (Lipinski definition) is 6. The average molecular weight is 381 g/mol. The number of aromatic nitrogens is 3. The zero-order valence-corrected chi connectivity index (χ0v) is 16.3. The van der Waals surface area contributed by atoms with E-state index >= 15 is 0 Å². The lowest BCUT2D eigenvalue weighted by atomic mass is 9.97. The predicted molar refractivity (Wildman–Crippen MR) is 100 cm³/mol. The highest BCUT2D eigenvalue weighted by atomic mass is 32.2. The highest BCUT2D eigenvalue weighted by Gasteiger charge is 2.27. The molecule has 136 valence electrons. The number of methoxy groups -OCH3 is 1. The molecular weight excluding hydrogens is 356 g/mol. The van der Waals surface area contributed by atoms with E-state index in [1.807, 2.05) is 29.6 Å². The molecule has 0 aliphatic carbocycles. The van der Waals surface area contributed by atoms with Crippen LogP contribution in [0, 0.1) is 6.92 Å². The van der Waals surface area contributed by atoms with E-state index in [0.29, 0.717) is 18.3 Å². The summed E-state index contributed by atoms with van der Waals surface area (Å²) in [6.45, 7) is 5.04. The van der Waals surface area contributed by atoms with Crippen molar-refractivity contribution in [3.05, 3.63) is 29.3 Å². The molecule has 6 nitrogen and oxygen atoms in total. The number of piperidine rings is 1. The third-order valence-electron chi connectivity index (χ3n) is 4.34. The van der Waals surface area contributed by atoms with Gasteiger partial charge in [0, 0.05) is 56.1 Å². The molecule has 2 aromatic rings. The number of aryl methyl sites for hydroxylation is 1. The van der Waals surface area contributed by atoms with E-state index in [4.69, 9.17) is 4.74 Å². The fraction of sp³-hybridized carbons (Fsp3) is 0.588. The SMILES string of the molecule is COCCn1ccnc1C1CCCN(C(=O)CSc2nc(C)cs2)C1. The minimum atomic E-state index is 0.192. The number of ether oxygens (including phenoxy) is 1. The molecule has 1 fully saturated rings. The van der Waals surface area contributed by atoms with Gasteiger partial charge in [-0.05, 0) is 19.8 Å². The Balaban J connectivity index is 1.57. The van der Waals surface area contributed by atoms with E-state index < -0.39 is 0 Å². The van der Waals surface area contributed by atoms with Gasteiger partial charge < -0.3 is 14.2 Å². The van der Waals surface area contributed by atoms with Crippen LogP contribution in [0.4, 0.5) is 0 Å². The molecule has 2 aromatic heterocycles. The molecule has 1 saturated heterocycles. The molecule has 3 heterocycles. The number of imidazole rings is 1. The third-order valence-corrected chi connectivity index (χ3v) is 6.46. The Labute approximate surface area is 156 Å². The number of hydrogen-bond donors (Lipinski definition) is 0. The molecule has 1 amide bonds. The van der Waals surface area contributed by atoms with Gasteiger partial charge in [0.1, 0.15) is 5.82 Å². The molecule has 0 N–H and O–H groups in total. The molecule has 8 heteroatoms. The van der Waals surface area contributed by atoms with Gasteiger partial charge >= 0.3 is 0 Å². The lowest BCUT2D eigenvalue weighted by Crippen LogP contribution is -2.40. The second-order valence-electron chi connectivity index (χ2n) is 6.19.